The van der Waals surface area contributed by atoms with Crippen LogP contribution in [0, 0.1) is 0 Å². The van der Waals surface area contributed by atoms with Crippen molar-refractivity contribution in [2.45, 2.75) is 49.8 Å². The van der Waals surface area contributed by atoms with E-state index in [1.54, 1.807) is 24.3 Å². The van der Waals surface area contributed by atoms with E-state index in [0.29, 0.717) is 5.75 Å². The average molecular weight is 611 g/mol. The monoisotopic (exact) mass is 610 g/mol. The van der Waals surface area contributed by atoms with Crippen LogP contribution in [0.3, 0.4) is 0 Å². The maximum Gasteiger partial charge on any atom is 0.339 e. The Morgan fingerprint density at radius 3 is 2.33 bits per heavy atom. The van der Waals surface area contributed by atoms with Crippen LogP contribution < -0.4 is 19.9 Å². The molecule has 2 N–H and O–H groups in total. The zero-order chi connectivity index (χ0) is 31.4. The van der Waals surface area contributed by atoms with E-state index in [9.17, 15) is 18.0 Å². The van der Waals surface area contributed by atoms with Crippen LogP contribution in [0.1, 0.15) is 60.7 Å². The highest BCUT2D eigenvalue weighted by atomic mass is 32.2. The molecule has 226 valence electrons. The highest BCUT2D eigenvalue weighted by molar-refractivity contribution is 7.91. The standard InChI is InChI=1S/C29H30N4O9S/c1-17(2)20-11-12-24(31-15-20)43(36,37)27(23-10-7-13-39-23)29(30,41-19(4)35)42-28-26(25(18(3)34)32-16-33-28)40-22-9-6-8-21(14-22)38-5/h6-17,27H,30H2,1-5H3. The molecule has 13 nitrogen and oxygen atoms in total. The van der Waals surface area contributed by atoms with Gasteiger partial charge in [-0.1, -0.05) is 26.0 Å². The summed E-state index contributed by atoms with van der Waals surface area (Å²) in [4.78, 5) is 37.1. The molecule has 0 spiro atoms. The van der Waals surface area contributed by atoms with Crippen LogP contribution in [0.5, 0.6) is 23.1 Å². The minimum Gasteiger partial charge on any atom is -0.497 e. The van der Waals surface area contributed by atoms with Crippen molar-refractivity contribution in [1.82, 2.24) is 15.0 Å². The third-order valence-electron chi connectivity index (χ3n) is 6.12. The molecule has 0 amide bonds. The van der Waals surface area contributed by atoms with Crippen molar-refractivity contribution in [2.24, 2.45) is 5.73 Å². The fourth-order valence-corrected chi connectivity index (χ4v) is 5.76. The van der Waals surface area contributed by atoms with Crippen LogP contribution in [-0.2, 0) is 19.4 Å². The number of hydrogen-bond acceptors (Lipinski definition) is 13. The predicted molar refractivity (Wildman–Crippen MR) is 151 cm³/mol. The fourth-order valence-electron chi connectivity index (χ4n) is 4.09. The molecule has 0 fully saturated rings. The summed E-state index contributed by atoms with van der Waals surface area (Å²) in [5.41, 5.74) is 7.12. The molecule has 0 aliphatic carbocycles. The van der Waals surface area contributed by atoms with Crippen LogP contribution in [0.2, 0.25) is 0 Å². The lowest BCUT2D eigenvalue weighted by Gasteiger charge is -2.34. The van der Waals surface area contributed by atoms with Crippen molar-refractivity contribution in [3.05, 3.63) is 84.3 Å². The minimum absolute atomic E-state index is 0.0827. The van der Waals surface area contributed by atoms with Gasteiger partial charge in [0.05, 0.1) is 13.4 Å². The van der Waals surface area contributed by atoms with Gasteiger partial charge < -0.3 is 23.4 Å². The summed E-state index contributed by atoms with van der Waals surface area (Å²) in [6.45, 7) is 6.10. The summed E-state index contributed by atoms with van der Waals surface area (Å²) in [7, 11) is -3.14. The molecule has 2 unspecified atom stereocenters. The second-order valence-corrected chi connectivity index (χ2v) is 11.6. The van der Waals surface area contributed by atoms with Crippen molar-refractivity contribution < 1.29 is 41.4 Å². The first kappa shape index (κ1) is 31.1. The van der Waals surface area contributed by atoms with Gasteiger partial charge in [-0.15, -0.1) is 0 Å². The van der Waals surface area contributed by atoms with Gasteiger partial charge in [-0.3, -0.25) is 15.3 Å². The number of sulfone groups is 1. The number of nitrogens with two attached hydrogens (primary N) is 1. The Labute approximate surface area is 247 Å². The topological polar surface area (TPSA) is 183 Å². The summed E-state index contributed by atoms with van der Waals surface area (Å²) < 4.78 is 56.2. The average Bonchev–Trinajstić information content (AvgIpc) is 3.47. The Morgan fingerprint density at radius 1 is 1.00 bits per heavy atom. The SMILES string of the molecule is COc1cccc(Oc2c(OC(N)(OC(C)=O)C(c3ccco3)S(=O)(=O)c3ccc(C(C)C)cn3)ncnc2C(C)=O)c1. The van der Waals surface area contributed by atoms with Gasteiger partial charge in [0.25, 0.3) is 5.88 Å². The number of benzene rings is 1. The molecule has 3 aromatic heterocycles. The molecule has 4 rings (SSSR count). The Hall–Kier alpha value is -4.82. The summed E-state index contributed by atoms with van der Waals surface area (Å²) in [5, 5.41) is -2.39. The van der Waals surface area contributed by atoms with Crippen LogP contribution in [-0.4, -0.2) is 48.1 Å². The highest BCUT2D eigenvalue weighted by Crippen LogP contribution is 2.42. The molecule has 14 heteroatoms. The molecule has 43 heavy (non-hydrogen) atoms. The Balaban J connectivity index is 1.89. The van der Waals surface area contributed by atoms with Crippen LogP contribution in [0.25, 0.3) is 0 Å². The summed E-state index contributed by atoms with van der Waals surface area (Å²) in [6, 6.07) is 12.1. The second kappa shape index (κ2) is 12.6. The first-order valence-corrected chi connectivity index (χ1v) is 14.5. The highest BCUT2D eigenvalue weighted by Gasteiger charge is 2.54. The molecule has 4 aromatic rings. The number of nitrogens with zero attached hydrogens (tertiary/aromatic N) is 3. The fraction of sp³-hybridized carbons (Fsp3) is 0.276. The summed E-state index contributed by atoms with van der Waals surface area (Å²) >= 11 is 0. The van der Waals surface area contributed by atoms with E-state index in [1.807, 2.05) is 13.8 Å². The third kappa shape index (κ3) is 6.81. The van der Waals surface area contributed by atoms with Crippen molar-refractivity contribution in [1.29, 1.82) is 0 Å². The normalized spacial score (nSPS) is 13.6. The van der Waals surface area contributed by atoms with Crippen LogP contribution in [0.15, 0.2) is 76.8 Å². The number of methoxy groups -OCH3 is 1. The summed E-state index contributed by atoms with van der Waals surface area (Å²) in [6.07, 6.45) is 3.63. The molecule has 2 atom stereocenters. The second-order valence-electron chi connectivity index (χ2n) is 9.64. The molecular weight excluding hydrogens is 580 g/mol. The molecule has 3 heterocycles. The van der Waals surface area contributed by atoms with Gasteiger partial charge >= 0.3 is 11.9 Å². The van der Waals surface area contributed by atoms with Gasteiger partial charge in [-0.2, -0.15) is 4.98 Å². The number of aromatic nitrogens is 3. The Kier molecular flexibility index (Phi) is 9.11. The van der Waals surface area contributed by atoms with Gasteiger partial charge in [0.15, 0.2) is 16.5 Å². The van der Waals surface area contributed by atoms with Crippen molar-refractivity contribution in [3.8, 4) is 23.1 Å². The van der Waals surface area contributed by atoms with Crippen LogP contribution >= 0.6 is 0 Å². The molecule has 0 aliphatic heterocycles. The summed E-state index contributed by atoms with van der Waals surface area (Å²) in [5.74, 6) is -4.68. The van der Waals surface area contributed by atoms with E-state index < -0.39 is 38.6 Å². The van der Waals surface area contributed by atoms with Crippen molar-refractivity contribution in [2.75, 3.05) is 7.11 Å². The van der Waals surface area contributed by atoms with E-state index in [1.165, 1.54) is 50.8 Å². The minimum atomic E-state index is -4.60. The molecule has 0 aliphatic rings. The first-order valence-electron chi connectivity index (χ1n) is 12.9. The predicted octanol–water partition coefficient (Wildman–Crippen LogP) is 4.36. The smallest absolute Gasteiger partial charge is 0.339 e. The molecule has 0 bridgehead atoms. The molecule has 0 radical (unpaired) electrons. The van der Waals surface area contributed by atoms with E-state index >= 15 is 0 Å². The van der Waals surface area contributed by atoms with Gasteiger partial charge in [-0.05, 0) is 41.8 Å². The lowest BCUT2D eigenvalue weighted by Crippen LogP contribution is -2.56. The third-order valence-corrected chi connectivity index (χ3v) is 8.13. The number of esters is 1. The largest absolute Gasteiger partial charge is 0.497 e. The van der Waals surface area contributed by atoms with E-state index in [-0.39, 0.29) is 33.9 Å². The van der Waals surface area contributed by atoms with Gasteiger partial charge in [-0.25, -0.2) is 18.4 Å². The van der Waals surface area contributed by atoms with E-state index in [2.05, 4.69) is 15.0 Å². The van der Waals surface area contributed by atoms with Crippen molar-refractivity contribution in [3.63, 3.8) is 0 Å². The first-order chi connectivity index (χ1) is 20.4. The number of ether oxygens (including phenoxy) is 4. The van der Waals surface area contributed by atoms with Crippen LogP contribution in [0.4, 0.5) is 0 Å². The number of Topliss-reactive ketones (excluding diaryl/α,β-unsaturated/α-hetero) is 1. The number of furan rings is 1. The maximum atomic E-state index is 14.1. The zero-order valence-corrected chi connectivity index (χ0v) is 24.8. The van der Waals surface area contributed by atoms with E-state index in [0.717, 1.165) is 18.8 Å². The van der Waals surface area contributed by atoms with Gasteiger partial charge in [0, 0.05) is 26.1 Å². The van der Waals surface area contributed by atoms with Gasteiger partial charge in [0.1, 0.15) is 23.6 Å². The number of rotatable bonds is 12. The number of hydrogen-bond donors (Lipinski definition) is 1. The quantitative estimate of drug-likeness (QED) is 0.136. The lowest BCUT2D eigenvalue weighted by molar-refractivity contribution is -0.197. The molecule has 0 saturated heterocycles. The molecular formula is C29H30N4O9S. The molecule has 1 aromatic carbocycles. The number of carbonyl (C=O) groups is 2. The number of pyridine rings is 1. The number of carbonyl (C=O) groups excluding carboxylic acids is 2. The maximum absolute atomic E-state index is 14.1. The Bertz CT molecular complexity index is 1710. The number of ketones is 1. The lowest BCUT2D eigenvalue weighted by atomic mass is 10.1. The van der Waals surface area contributed by atoms with E-state index in [4.69, 9.17) is 29.1 Å². The van der Waals surface area contributed by atoms with Gasteiger partial charge in [0.2, 0.25) is 20.8 Å². The Morgan fingerprint density at radius 2 is 1.74 bits per heavy atom. The van der Waals surface area contributed by atoms with Crippen molar-refractivity contribution >= 4 is 21.6 Å². The zero-order valence-electron chi connectivity index (χ0n) is 24.0. The molecule has 0 saturated carbocycles.